The summed E-state index contributed by atoms with van der Waals surface area (Å²) in [5.74, 6) is -1.07. The van der Waals surface area contributed by atoms with Crippen LogP contribution in [-0.2, 0) is 22.7 Å². The highest BCUT2D eigenvalue weighted by Gasteiger charge is 2.18. The minimum Gasteiger partial charge on any atom is -0.345 e. The fourth-order valence-electron chi connectivity index (χ4n) is 3.69. The normalized spacial score (nSPS) is 17.4. The third-order valence-corrected chi connectivity index (χ3v) is 5.33. The monoisotopic (exact) mass is 373 g/mol. The summed E-state index contributed by atoms with van der Waals surface area (Å²) in [6.07, 6.45) is 13.2. The number of carbonyl (C=O) groups excluding carboxylic acids is 2. The van der Waals surface area contributed by atoms with E-state index in [0.717, 1.165) is 36.8 Å². The minimum atomic E-state index is -0.556. The zero-order chi connectivity index (χ0) is 19.3. The van der Waals surface area contributed by atoms with Gasteiger partial charge in [-0.2, -0.15) is 0 Å². The second kappa shape index (κ2) is 12.5. The van der Waals surface area contributed by atoms with E-state index in [1.807, 2.05) is 24.3 Å². The highest BCUT2D eigenvalue weighted by atomic mass is 16.2. The largest absolute Gasteiger partial charge is 0.345 e. The van der Waals surface area contributed by atoms with Crippen LogP contribution in [0.3, 0.4) is 0 Å². The molecule has 0 saturated heterocycles. The second-order valence-corrected chi connectivity index (χ2v) is 7.64. The van der Waals surface area contributed by atoms with Gasteiger partial charge in [0.05, 0.1) is 0 Å². The van der Waals surface area contributed by atoms with Gasteiger partial charge >= 0.3 is 11.8 Å². The number of amides is 2. The summed E-state index contributed by atoms with van der Waals surface area (Å²) >= 11 is 0. The number of carbonyl (C=O) groups is 2. The molecular weight excluding hydrogens is 338 g/mol. The van der Waals surface area contributed by atoms with Crippen molar-refractivity contribution in [3.05, 3.63) is 35.4 Å². The fourth-order valence-corrected chi connectivity index (χ4v) is 3.69. The molecule has 5 nitrogen and oxygen atoms in total. The Bertz CT molecular complexity index is 577. The number of hydrogen-bond donors (Lipinski definition) is 3. The number of nitrogens with two attached hydrogens (primary N) is 1. The maximum atomic E-state index is 12.3. The van der Waals surface area contributed by atoms with Crippen molar-refractivity contribution in [2.24, 2.45) is 5.73 Å². The van der Waals surface area contributed by atoms with E-state index in [9.17, 15) is 9.59 Å². The molecule has 1 aliphatic carbocycles. The molecule has 0 unspecified atom stereocenters. The Morgan fingerprint density at radius 3 is 2.00 bits per heavy atom. The summed E-state index contributed by atoms with van der Waals surface area (Å²) in [5.41, 5.74) is 7.60. The van der Waals surface area contributed by atoms with Crippen LogP contribution in [0, 0.1) is 0 Å². The molecule has 1 saturated carbocycles. The van der Waals surface area contributed by atoms with E-state index < -0.39 is 11.8 Å². The van der Waals surface area contributed by atoms with Crippen LogP contribution in [0.15, 0.2) is 24.3 Å². The average molecular weight is 374 g/mol. The molecule has 1 aromatic rings. The van der Waals surface area contributed by atoms with Gasteiger partial charge < -0.3 is 16.4 Å². The maximum Gasteiger partial charge on any atom is 0.309 e. The van der Waals surface area contributed by atoms with Gasteiger partial charge in [-0.15, -0.1) is 0 Å². The zero-order valence-corrected chi connectivity index (χ0v) is 16.5. The molecule has 27 heavy (non-hydrogen) atoms. The Labute approximate surface area is 163 Å². The van der Waals surface area contributed by atoms with E-state index in [1.54, 1.807) is 0 Å². The predicted molar refractivity (Wildman–Crippen MR) is 109 cm³/mol. The number of benzene rings is 1. The molecule has 2 amide bonds. The van der Waals surface area contributed by atoms with Gasteiger partial charge in [-0.05, 0) is 24.0 Å². The molecule has 0 aliphatic heterocycles. The molecule has 0 atom stereocenters. The SMILES string of the molecule is NCc1cccc(CNC(=O)C(=O)NC2CCCCCCCCCCC2)c1. The summed E-state index contributed by atoms with van der Waals surface area (Å²) in [7, 11) is 0. The minimum absolute atomic E-state index is 0.114. The van der Waals surface area contributed by atoms with Crippen LogP contribution in [-0.4, -0.2) is 17.9 Å². The lowest BCUT2D eigenvalue weighted by Gasteiger charge is -2.19. The van der Waals surface area contributed by atoms with Crippen LogP contribution in [0.4, 0.5) is 0 Å². The topological polar surface area (TPSA) is 84.2 Å². The van der Waals surface area contributed by atoms with Crippen molar-refractivity contribution in [3.63, 3.8) is 0 Å². The van der Waals surface area contributed by atoms with E-state index in [4.69, 9.17) is 5.73 Å². The standard InChI is InChI=1S/C22H35N3O2/c23-16-18-11-10-12-19(15-18)17-24-21(26)22(27)25-20-13-8-6-4-2-1-3-5-7-9-14-20/h10-12,15,20H,1-9,13-14,16-17,23H2,(H,24,26)(H,25,27). The van der Waals surface area contributed by atoms with Gasteiger partial charge in [-0.1, -0.05) is 82.1 Å². The fraction of sp³-hybridized carbons (Fsp3) is 0.636. The molecule has 0 radical (unpaired) electrons. The summed E-state index contributed by atoms with van der Waals surface area (Å²) in [4.78, 5) is 24.5. The highest BCUT2D eigenvalue weighted by Crippen LogP contribution is 2.17. The van der Waals surface area contributed by atoms with Crippen molar-refractivity contribution in [2.75, 3.05) is 0 Å². The first-order valence-electron chi connectivity index (χ1n) is 10.6. The molecule has 150 valence electrons. The Kier molecular flexibility index (Phi) is 9.91. The predicted octanol–water partition coefficient (Wildman–Crippen LogP) is 3.55. The highest BCUT2D eigenvalue weighted by molar-refractivity contribution is 6.35. The van der Waals surface area contributed by atoms with Crippen LogP contribution >= 0.6 is 0 Å². The summed E-state index contributed by atoms with van der Waals surface area (Å²) in [6.45, 7) is 0.800. The van der Waals surface area contributed by atoms with Gasteiger partial charge in [0, 0.05) is 19.1 Å². The smallest absolute Gasteiger partial charge is 0.309 e. The van der Waals surface area contributed by atoms with Crippen molar-refractivity contribution in [1.82, 2.24) is 10.6 Å². The van der Waals surface area contributed by atoms with E-state index in [1.165, 1.54) is 44.9 Å². The van der Waals surface area contributed by atoms with Gasteiger partial charge in [0.15, 0.2) is 0 Å². The first kappa shape index (κ1) is 21.4. The molecule has 0 aromatic heterocycles. The lowest BCUT2D eigenvalue weighted by atomic mass is 9.98. The van der Waals surface area contributed by atoms with Gasteiger partial charge in [0.2, 0.25) is 0 Å². The summed E-state index contributed by atoms with van der Waals surface area (Å²) in [6, 6.07) is 7.84. The molecule has 0 heterocycles. The lowest BCUT2D eigenvalue weighted by Crippen LogP contribution is -2.44. The Morgan fingerprint density at radius 1 is 0.852 bits per heavy atom. The van der Waals surface area contributed by atoms with Crippen LogP contribution in [0.2, 0.25) is 0 Å². The molecule has 1 fully saturated rings. The first-order chi connectivity index (χ1) is 13.2. The Morgan fingerprint density at radius 2 is 1.41 bits per heavy atom. The molecule has 2 rings (SSSR count). The van der Waals surface area contributed by atoms with Crippen molar-refractivity contribution in [2.45, 2.75) is 89.8 Å². The van der Waals surface area contributed by atoms with Gasteiger partial charge in [-0.25, -0.2) is 0 Å². The Balaban J connectivity index is 1.78. The van der Waals surface area contributed by atoms with Crippen molar-refractivity contribution >= 4 is 11.8 Å². The van der Waals surface area contributed by atoms with Gasteiger partial charge in [0.1, 0.15) is 0 Å². The van der Waals surface area contributed by atoms with Crippen LogP contribution in [0.5, 0.6) is 0 Å². The summed E-state index contributed by atoms with van der Waals surface area (Å²) < 4.78 is 0. The first-order valence-corrected chi connectivity index (χ1v) is 10.6. The third kappa shape index (κ3) is 8.57. The second-order valence-electron chi connectivity index (χ2n) is 7.64. The molecular formula is C22H35N3O2. The quantitative estimate of drug-likeness (QED) is 0.706. The maximum absolute atomic E-state index is 12.3. The molecule has 0 bridgehead atoms. The van der Waals surface area contributed by atoms with Crippen LogP contribution < -0.4 is 16.4 Å². The number of rotatable bonds is 4. The van der Waals surface area contributed by atoms with E-state index in [-0.39, 0.29) is 6.04 Å². The third-order valence-electron chi connectivity index (χ3n) is 5.33. The molecule has 5 heteroatoms. The summed E-state index contributed by atoms with van der Waals surface area (Å²) in [5, 5.41) is 5.67. The molecule has 4 N–H and O–H groups in total. The van der Waals surface area contributed by atoms with Gasteiger partial charge in [0.25, 0.3) is 0 Å². The van der Waals surface area contributed by atoms with E-state index in [2.05, 4.69) is 10.6 Å². The zero-order valence-electron chi connectivity index (χ0n) is 16.5. The van der Waals surface area contributed by atoms with Gasteiger partial charge in [-0.3, -0.25) is 9.59 Å². The Hall–Kier alpha value is -1.88. The van der Waals surface area contributed by atoms with Crippen LogP contribution in [0.1, 0.15) is 81.8 Å². The van der Waals surface area contributed by atoms with E-state index in [0.29, 0.717) is 13.1 Å². The van der Waals surface area contributed by atoms with Crippen molar-refractivity contribution < 1.29 is 9.59 Å². The average Bonchev–Trinajstić information content (AvgIpc) is 2.68. The molecule has 0 spiro atoms. The molecule has 1 aromatic carbocycles. The van der Waals surface area contributed by atoms with Crippen LogP contribution in [0.25, 0.3) is 0 Å². The number of nitrogens with one attached hydrogen (secondary N) is 2. The lowest BCUT2D eigenvalue weighted by molar-refractivity contribution is -0.139. The number of hydrogen-bond acceptors (Lipinski definition) is 3. The molecule has 1 aliphatic rings. The van der Waals surface area contributed by atoms with E-state index >= 15 is 0 Å². The van der Waals surface area contributed by atoms with Crippen molar-refractivity contribution in [3.8, 4) is 0 Å². The van der Waals surface area contributed by atoms with Crippen molar-refractivity contribution in [1.29, 1.82) is 0 Å².